The molecule has 0 aliphatic carbocycles. The minimum Gasteiger partial charge on any atom is -0.497 e. The molecule has 0 unspecified atom stereocenters. The number of nitrogens with zero attached hydrogens (tertiary/aromatic N) is 2. The average Bonchev–Trinajstić information content (AvgIpc) is 3.28. The van der Waals surface area contributed by atoms with Crippen molar-refractivity contribution in [2.75, 3.05) is 12.0 Å². The number of amides is 2. The Kier molecular flexibility index (Phi) is 4.75. The Balaban J connectivity index is 1.44. The van der Waals surface area contributed by atoms with Gasteiger partial charge in [0.25, 0.3) is 5.91 Å². The Labute approximate surface area is 167 Å². The van der Waals surface area contributed by atoms with Gasteiger partial charge in [-0.2, -0.15) is 5.10 Å². The minimum absolute atomic E-state index is 0.00213. The van der Waals surface area contributed by atoms with E-state index in [0.29, 0.717) is 11.4 Å². The van der Waals surface area contributed by atoms with Crippen LogP contribution in [0.5, 0.6) is 5.75 Å². The molecular weight excluding hydrogens is 374 g/mol. The molecule has 1 spiro atoms. The summed E-state index contributed by atoms with van der Waals surface area (Å²) in [5.41, 5.74) is 2.85. The summed E-state index contributed by atoms with van der Waals surface area (Å²) in [5.74, 6) is -0.793. The van der Waals surface area contributed by atoms with E-state index in [9.17, 15) is 14.4 Å². The number of methoxy groups -OCH3 is 1. The van der Waals surface area contributed by atoms with Crippen LogP contribution in [0.2, 0.25) is 0 Å². The maximum absolute atomic E-state index is 13.0. The lowest BCUT2D eigenvalue weighted by molar-refractivity contribution is -0.136. The van der Waals surface area contributed by atoms with Gasteiger partial charge >= 0.3 is 5.97 Å². The largest absolute Gasteiger partial charge is 0.497 e. The normalized spacial score (nSPS) is 20.6. The average molecular weight is 393 g/mol. The molecule has 2 amide bonds. The van der Waals surface area contributed by atoms with Crippen LogP contribution in [0.3, 0.4) is 0 Å². The van der Waals surface area contributed by atoms with Crippen molar-refractivity contribution in [1.29, 1.82) is 0 Å². The monoisotopic (exact) mass is 393 g/mol. The predicted octanol–water partition coefficient (Wildman–Crippen LogP) is 1.79. The summed E-state index contributed by atoms with van der Waals surface area (Å²) < 4.78 is 10.4. The summed E-state index contributed by atoms with van der Waals surface area (Å²) in [7, 11) is 1.54. The highest BCUT2D eigenvalue weighted by Crippen LogP contribution is 2.35. The number of hydrazone groups is 1. The van der Waals surface area contributed by atoms with Crippen LogP contribution in [0.4, 0.5) is 5.69 Å². The third-order valence-electron chi connectivity index (χ3n) is 4.97. The Morgan fingerprint density at radius 1 is 1.10 bits per heavy atom. The first-order chi connectivity index (χ1) is 14.0. The number of esters is 1. The number of benzene rings is 2. The van der Waals surface area contributed by atoms with E-state index < -0.39 is 17.4 Å². The van der Waals surface area contributed by atoms with Crippen molar-refractivity contribution in [3.05, 3.63) is 60.2 Å². The Hall–Kier alpha value is -3.68. The molecular formula is C21H19N3O5. The summed E-state index contributed by atoms with van der Waals surface area (Å²) in [4.78, 5) is 39.0. The molecule has 2 heterocycles. The van der Waals surface area contributed by atoms with Crippen molar-refractivity contribution in [2.24, 2.45) is 5.10 Å². The maximum Gasteiger partial charge on any atom is 0.354 e. The van der Waals surface area contributed by atoms with E-state index >= 15 is 0 Å². The van der Waals surface area contributed by atoms with E-state index in [0.717, 1.165) is 10.5 Å². The third-order valence-corrected chi connectivity index (χ3v) is 4.97. The number of rotatable bonds is 5. The van der Waals surface area contributed by atoms with Crippen LogP contribution in [0.15, 0.2) is 59.7 Å². The lowest BCUT2D eigenvalue weighted by Gasteiger charge is -2.21. The van der Waals surface area contributed by atoms with Crippen LogP contribution in [0.1, 0.15) is 18.4 Å². The fourth-order valence-corrected chi connectivity index (χ4v) is 3.42. The van der Waals surface area contributed by atoms with Gasteiger partial charge in [0.2, 0.25) is 5.91 Å². The molecule has 0 aromatic heterocycles. The second-order valence-corrected chi connectivity index (χ2v) is 6.90. The Bertz CT molecular complexity index is 987. The highest BCUT2D eigenvalue weighted by atomic mass is 16.5. The first-order valence-corrected chi connectivity index (χ1v) is 9.09. The van der Waals surface area contributed by atoms with Crippen molar-refractivity contribution < 1.29 is 23.9 Å². The number of anilines is 1. The van der Waals surface area contributed by atoms with Crippen molar-refractivity contribution >= 4 is 29.2 Å². The van der Waals surface area contributed by atoms with Crippen LogP contribution in [0.25, 0.3) is 0 Å². The molecule has 1 atom stereocenters. The number of hydrogen-bond acceptors (Lipinski definition) is 7. The van der Waals surface area contributed by atoms with Crippen LogP contribution < -0.4 is 15.1 Å². The van der Waals surface area contributed by atoms with Crippen molar-refractivity contribution in [1.82, 2.24) is 5.43 Å². The summed E-state index contributed by atoms with van der Waals surface area (Å²) in [6.07, 6.45) is -0.0886. The molecule has 8 nitrogen and oxygen atoms in total. The van der Waals surface area contributed by atoms with Gasteiger partial charge in [-0.1, -0.05) is 30.3 Å². The van der Waals surface area contributed by atoms with Gasteiger partial charge in [0.05, 0.1) is 19.2 Å². The Morgan fingerprint density at radius 3 is 2.52 bits per heavy atom. The first-order valence-electron chi connectivity index (χ1n) is 9.09. The number of carbonyl (C=O) groups excluding carboxylic acids is 3. The molecule has 0 bridgehead atoms. The van der Waals surface area contributed by atoms with E-state index in [-0.39, 0.29) is 31.1 Å². The molecule has 2 aliphatic heterocycles. The van der Waals surface area contributed by atoms with Gasteiger partial charge in [0.15, 0.2) is 0 Å². The molecule has 0 radical (unpaired) electrons. The Morgan fingerprint density at radius 2 is 1.83 bits per heavy atom. The number of nitrogens with one attached hydrogen (secondary N) is 1. The SMILES string of the molecule is COc1ccc(N2C(=O)C[C@@]3(CC(C(=O)OCc4ccccc4)=NN3)C2=O)cc1. The zero-order chi connectivity index (χ0) is 20.4. The van der Waals surface area contributed by atoms with Crippen molar-refractivity contribution in [2.45, 2.75) is 25.0 Å². The molecule has 1 fully saturated rings. The molecule has 148 valence electrons. The molecule has 29 heavy (non-hydrogen) atoms. The standard InChI is InChI=1S/C21H19N3O5/c1-28-16-9-7-15(8-10-16)24-18(25)12-21(20(24)27)11-17(22-23-21)19(26)29-13-14-5-3-2-4-6-14/h2-10,23H,11-13H2,1H3/t21-/m0/s1. The lowest BCUT2D eigenvalue weighted by atomic mass is 9.93. The maximum atomic E-state index is 13.0. The first kappa shape index (κ1) is 18.7. The lowest BCUT2D eigenvalue weighted by Crippen LogP contribution is -2.47. The highest BCUT2D eigenvalue weighted by molar-refractivity contribution is 6.39. The van der Waals surface area contributed by atoms with Crippen LogP contribution in [-0.2, 0) is 25.7 Å². The van der Waals surface area contributed by atoms with E-state index in [1.165, 1.54) is 7.11 Å². The number of imide groups is 1. The number of hydrogen-bond donors (Lipinski definition) is 1. The fourth-order valence-electron chi connectivity index (χ4n) is 3.42. The molecule has 1 saturated heterocycles. The summed E-state index contributed by atoms with van der Waals surface area (Å²) in [5, 5.41) is 4.00. The molecule has 2 aromatic carbocycles. The van der Waals surface area contributed by atoms with E-state index in [2.05, 4.69) is 10.5 Å². The van der Waals surface area contributed by atoms with E-state index in [1.807, 2.05) is 30.3 Å². The van der Waals surface area contributed by atoms with Gasteiger partial charge < -0.3 is 9.47 Å². The summed E-state index contributed by atoms with van der Waals surface area (Å²) in [6.45, 7) is 0.108. The van der Waals surface area contributed by atoms with E-state index in [4.69, 9.17) is 9.47 Å². The quantitative estimate of drug-likeness (QED) is 0.614. The zero-order valence-electron chi connectivity index (χ0n) is 15.8. The van der Waals surface area contributed by atoms with Crippen LogP contribution in [0, 0.1) is 0 Å². The number of carbonyl (C=O) groups is 3. The van der Waals surface area contributed by atoms with Crippen LogP contribution in [-0.4, -0.2) is 36.1 Å². The van der Waals surface area contributed by atoms with Crippen LogP contribution >= 0.6 is 0 Å². The molecule has 8 heteroatoms. The van der Waals surface area contributed by atoms with Gasteiger partial charge in [-0.15, -0.1) is 0 Å². The van der Waals surface area contributed by atoms with E-state index in [1.54, 1.807) is 24.3 Å². The van der Waals surface area contributed by atoms with Gasteiger partial charge in [-0.3, -0.25) is 15.0 Å². The van der Waals surface area contributed by atoms with Gasteiger partial charge in [0.1, 0.15) is 23.6 Å². The molecule has 2 aromatic rings. The van der Waals surface area contributed by atoms with Crippen molar-refractivity contribution in [3.63, 3.8) is 0 Å². The minimum atomic E-state index is -1.25. The smallest absolute Gasteiger partial charge is 0.354 e. The molecule has 0 saturated carbocycles. The van der Waals surface area contributed by atoms with Gasteiger partial charge in [-0.05, 0) is 29.8 Å². The number of ether oxygens (including phenoxy) is 2. The summed E-state index contributed by atoms with van der Waals surface area (Å²) >= 11 is 0. The third kappa shape index (κ3) is 3.44. The summed E-state index contributed by atoms with van der Waals surface area (Å²) in [6, 6.07) is 15.9. The zero-order valence-corrected chi connectivity index (χ0v) is 15.8. The second-order valence-electron chi connectivity index (χ2n) is 6.90. The predicted molar refractivity (Wildman–Crippen MR) is 104 cm³/mol. The van der Waals surface area contributed by atoms with Gasteiger partial charge in [0, 0.05) is 6.42 Å². The molecule has 4 rings (SSSR count). The highest BCUT2D eigenvalue weighted by Gasteiger charge is 2.56. The topological polar surface area (TPSA) is 97.3 Å². The molecule has 1 N–H and O–H groups in total. The van der Waals surface area contributed by atoms with Crippen molar-refractivity contribution in [3.8, 4) is 5.75 Å². The fraction of sp³-hybridized carbons (Fsp3) is 0.238. The van der Waals surface area contributed by atoms with Gasteiger partial charge in [-0.25, -0.2) is 9.69 Å². The second kappa shape index (κ2) is 7.38. The molecule has 2 aliphatic rings.